The number of ether oxygens (including phenoxy) is 1. The molecule has 28 heavy (non-hydrogen) atoms. The number of likely N-dealkylation sites (N-methyl/N-ethyl adjacent to an activating group) is 1. The molecule has 0 heterocycles. The molecule has 0 saturated heterocycles. The van der Waals surface area contributed by atoms with Gasteiger partial charge >= 0.3 is 0 Å². The zero-order valence-electron chi connectivity index (χ0n) is 17.7. The van der Waals surface area contributed by atoms with Crippen molar-refractivity contribution < 1.29 is 26.7 Å². The molecule has 4 aliphatic carbocycles. The summed E-state index contributed by atoms with van der Waals surface area (Å²) in [5.41, 5.74) is 1.90. The van der Waals surface area contributed by atoms with E-state index in [0.717, 1.165) is 41.9 Å². The molecule has 1 atom stereocenters. The first-order chi connectivity index (χ1) is 12.9. The SMILES string of the molecule is C[N+](C)(Cc1ccccc1)CC(O)COCCC12CC3CC(CC(C3)C1)C2.[Cl-]. The monoisotopic (exact) mass is 407 g/mol. The molecule has 4 aliphatic rings. The molecular formula is C24H38ClNO2. The summed E-state index contributed by atoms with van der Waals surface area (Å²) < 4.78 is 6.75. The van der Waals surface area contributed by atoms with Crippen molar-refractivity contribution in [3.05, 3.63) is 35.9 Å². The van der Waals surface area contributed by atoms with Gasteiger partial charge in [0.1, 0.15) is 19.2 Å². The van der Waals surface area contributed by atoms with Gasteiger partial charge in [-0.3, -0.25) is 0 Å². The predicted molar refractivity (Wildman–Crippen MR) is 109 cm³/mol. The molecule has 4 saturated carbocycles. The highest BCUT2D eigenvalue weighted by Crippen LogP contribution is 2.61. The van der Waals surface area contributed by atoms with Crippen LogP contribution in [0.2, 0.25) is 0 Å². The molecule has 1 N–H and O–H groups in total. The van der Waals surface area contributed by atoms with Crippen LogP contribution in [0.15, 0.2) is 30.3 Å². The molecule has 0 aliphatic heterocycles. The first-order valence-corrected chi connectivity index (χ1v) is 11.0. The minimum atomic E-state index is -0.389. The van der Waals surface area contributed by atoms with Crippen molar-refractivity contribution >= 4 is 0 Å². The maximum absolute atomic E-state index is 10.5. The van der Waals surface area contributed by atoms with Gasteiger partial charge in [-0.1, -0.05) is 30.3 Å². The first kappa shape index (κ1) is 22.1. The van der Waals surface area contributed by atoms with Crippen molar-refractivity contribution in [3.8, 4) is 0 Å². The van der Waals surface area contributed by atoms with Gasteiger partial charge in [0.15, 0.2) is 0 Å². The summed E-state index contributed by atoms with van der Waals surface area (Å²) >= 11 is 0. The van der Waals surface area contributed by atoms with Crippen molar-refractivity contribution in [3.63, 3.8) is 0 Å². The van der Waals surface area contributed by atoms with Crippen LogP contribution in [-0.2, 0) is 11.3 Å². The Balaban J connectivity index is 0.00000225. The largest absolute Gasteiger partial charge is 1.00 e. The van der Waals surface area contributed by atoms with Crippen molar-refractivity contribution in [2.45, 2.75) is 57.6 Å². The molecule has 1 unspecified atom stereocenters. The second-order valence-electron chi connectivity index (χ2n) is 10.7. The third-order valence-electron chi connectivity index (χ3n) is 7.41. The molecular weight excluding hydrogens is 370 g/mol. The second kappa shape index (κ2) is 9.04. The van der Waals surface area contributed by atoms with Gasteiger partial charge in [0.2, 0.25) is 0 Å². The number of rotatable bonds is 9. The quantitative estimate of drug-likeness (QED) is 0.493. The number of benzene rings is 1. The molecule has 1 aromatic carbocycles. The Hall–Kier alpha value is -0.610. The average molecular weight is 408 g/mol. The highest BCUT2D eigenvalue weighted by atomic mass is 35.5. The van der Waals surface area contributed by atoms with E-state index in [1.807, 2.05) is 0 Å². The van der Waals surface area contributed by atoms with Gasteiger partial charge in [-0.15, -0.1) is 0 Å². The average Bonchev–Trinajstić information content (AvgIpc) is 2.57. The molecule has 4 heteroatoms. The van der Waals surface area contributed by atoms with Crippen molar-refractivity contribution in [1.82, 2.24) is 0 Å². The topological polar surface area (TPSA) is 29.5 Å². The minimum Gasteiger partial charge on any atom is -1.00 e. The van der Waals surface area contributed by atoms with E-state index in [4.69, 9.17) is 4.74 Å². The Labute approximate surface area is 177 Å². The lowest BCUT2D eigenvalue weighted by Crippen LogP contribution is -3.00. The van der Waals surface area contributed by atoms with E-state index in [-0.39, 0.29) is 18.5 Å². The summed E-state index contributed by atoms with van der Waals surface area (Å²) in [6.45, 7) is 2.97. The standard InChI is InChI=1S/C24H38NO2.ClH/c1-25(2,16-19-6-4-3-5-7-19)17-23(26)18-27-9-8-24-13-20-10-21(14-24)12-22(11-20)15-24;/h3-7,20-23,26H,8-18H2,1-2H3;1H/q+1;/p-1. The van der Waals surface area contributed by atoms with Gasteiger partial charge in [0.05, 0.1) is 20.7 Å². The zero-order chi connectivity index (χ0) is 18.9. The number of aliphatic hydroxyl groups excluding tert-OH is 1. The maximum Gasteiger partial charge on any atom is 0.126 e. The van der Waals surface area contributed by atoms with Gasteiger partial charge in [-0.2, -0.15) is 0 Å². The van der Waals surface area contributed by atoms with Crippen LogP contribution in [0.5, 0.6) is 0 Å². The highest BCUT2D eigenvalue weighted by Gasteiger charge is 2.50. The van der Waals surface area contributed by atoms with Crippen LogP contribution in [0.1, 0.15) is 50.5 Å². The molecule has 158 valence electrons. The minimum absolute atomic E-state index is 0. The van der Waals surface area contributed by atoms with Crippen molar-refractivity contribution in [1.29, 1.82) is 0 Å². The predicted octanol–water partition coefficient (Wildman–Crippen LogP) is 1.25. The Morgan fingerprint density at radius 2 is 1.61 bits per heavy atom. The van der Waals surface area contributed by atoms with Gasteiger partial charge in [-0.25, -0.2) is 0 Å². The lowest BCUT2D eigenvalue weighted by atomic mass is 9.49. The fraction of sp³-hybridized carbons (Fsp3) is 0.750. The summed E-state index contributed by atoms with van der Waals surface area (Å²) in [5, 5.41) is 10.5. The third kappa shape index (κ3) is 5.50. The normalized spacial score (nSPS) is 32.2. The van der Waals surface area contributed by atoms with E-state index in [2.05, 4.69) is 44.4 Å². The van der Waals surface area contributed by atoms with Crippen molar-refractivity contribution in [2.75, 3.05) is 33.9 Å². The van der Waals surface area contributed by atoms with Crippen LogP contribution in [0.3, 0.4) is 0 Å². The fourth-order valence-corrected chi connectivity index (χ4v) is 6.87. The third-order valence-corrected chi connectivity index (χ3v) is 7.41. The smallest absolute Gasteiger partial charge is 0.126 e. The summed E-state index contributed by atoms with van der Waals surface area (Å²) in [4.78, 5) is 0. The molecule has 0 amide bonds. The van der Waals surface area contributed by atoms with Crippen LogP contribution < -0.4 is 12.4 Å². The molecule has 0 spiro atoms. The summed E-state index contributed by atoms with van der Waals surface area (Å²) in [6, 6.07) is 10.5. The molecule has 3 nitrogen and oxygen atoms in total. The van der Waals surface area contributed by atoms with Crippen LogP contribution >= 0.6 is 0 Å². The van der Waals surface area contributed by atoms with E-state index in [1.54, 1.807) is 0 Å². The lowest BCUT2D eigenvalue weighted by Gasteiger charge is -2.57. The van der Waals surface area contributed by atoms with Crippen LogP contribution in [0, 0.1) is 23.2 Å². The van der Waals surface area contributed by atoms with Gasteiger partial charge in [0.25, 0.3) is 0 Å². The Morgan fingerprint density at radius 3 is 2.18 bits per heavy atom. The van der Waals surface area contributed by atoms with E-state index < -0.39 is 0 Å². The highest BCUT2D eigenvalue weighted by molar-refractivity contribution is 5.13. The summed E-state index contributed by atoms with van der Waals surface area (Å²) in [7, 11) is 4.37. The molecule has 0 aromatic heterocycles. The second-order valence-corrected chi connectivity index (χ2v) is 10.7. The number of nitrogens with zero attached hydrogens (tertiary/aromatic N) is 1. The van der Waals surface area contributed by atoms with Crippen LogP contribution in [0.4, 0.5) is 0 Å². The van der Waals surface area contributed by atoms with Gasteiger partial charge in [0, 0.05) is 12.2 Å². The first-order valence-electron chi connectivity index (χ1n) is 11.0. The number of hydrogen-bond acceptors (Lipinski definition) is 2. The maximum atomic E-state index is 10.5. The Morgan fingerprint density at radius 1 is 1.04 bits per heavy atom. The molecule has 4 fully saturated rings. The van der Waals surface area contributed by atoms with Gasteiger partial charge in [-0.05, 0) is 68.1 Å². The number of halogens is 1. The van der Waals surface area contributed by atoms with E-state index in [9.17, 15) is 5.11 Å². The zero-order valence-corrected chi connectivity index (χ0v) is 18.4. The molecule has 0 radical (unpaired) electrons. The van der Waals surface area contributed by atoms with E-state index >= 15 is 0 Å². The van der Waals surface area contributed by atoms with E-state index in [1.165, 1.54) is 50.5 Å². The summed E-state index contributed by atoms with van der Waals surface area (Å²) in [6.07, 6.45) is 9.70. The van der Waals surface area contributed by atoms with Crippen molar-refractivity contribution in [2.24, 2.45) is 23.2 Å². The molecule has 1 aromatic rings. The molecule has 4 bridgehead atoms. The number of hydrogen-bond donors (Lipinski definition) is 1. The fourth-order valence-electron chi connectivity index (χ4n) is 6.87. The molecule has 5 rings (SSSR count). The van der Waals surface area contributed by atoms with E-state index in [0.29, 0.717) is 12.0 Å². The van der Waals surface area contributed by atoms with Crippen LogP contribution in [0.25, 0.3) is 0 Å². The lowest BCUT2D eigenvalue weighted by molar-refractivity contribution is -0.906. The Kier molecular flexibility index (Phi) is 7.13. The summed E-state index contributed by atoms with van der Waals surface area (Å²) in [5.74, 6) is 3.04. The number of quaternary nitrogens is 1. The van der Waals surface area contributed by atoms with Crippen LogP contribution in [-0.4, -0.2) is 49.5 Å². The number of aliphatic hydroxyl groups is 1. The van der Waals surface area contributed by atoms with Gasteiger partial charge < -0.3 is 26.7 Å². The Bertz CT molecular complexity index is 583.